The lowest BCUT2D eigenvalue weighted by Gasteiger charge is -2.17. The number of nitrogens with zero attached hydrogens (tertiary/aromatic N) is 1. The maximum absolute atomic E-state index is 5.84. The van der Waals surface area contributed by atoms with Crippen LogP contribution in [0.25, 0.3) is 0 Å². The molecule has 26 heavy (non-hydrogen) atoms. The van der Waals surface area contributed by atoms with Crippen molar-refractivity contribution in [2.75, 3.05) is 0 Å². The van der Waals surface area contributed by atoms with Crippen molar-refractivity contribution in [2.45, 2.75) is 32.3 Å². The molecule has 3 aromatic rings. The highest BCUT2D eigenvalue weighted by atomic mass is 16.5. The van der Waals surface area contributed by atoms with Crippen molar-refractivity contribution in [1.82, 2.24) is 0 Å². The van der Waals surface area contributed by atoms with E-state index in [2.05, 4.69) is 42.5 Å². The first-order valence-electron chi connectivity index (χ1n) is 9.30. The fourth-order valence-corrected chi connectivity index (χ4v) is 3.42. The Morgan fingerprint density at radius 1 is 0.808 bits per heavy atom. The Morgan fingerprint density at radius 2 is 1.62 bits per heavy atom. The Bertz CT molecular complexity index is 882. The molecule has 0 unspecified atom stereocenters. The number of ether oxygens (including phenoxy) is 1. The molecular formula is C24H23NO. The van der Waals surface area contributed by atoms with Crippen molar-refractivity contribution >= 4 is 11.9 Å². The first-order valence-corrected chi connectivity index (χ1v) is 9.30. The minimum absolute atomic E-state index is 0.588. The van der Waals surface area contributed by atoms with Crippen molar-refractivity contribution in [3.05, 3.63) is 95.1 Å². The van der Waals surface area contributed by atoms with E-state index in [-0.39, 0.29) is 0 Å². The first kappa shape index (κ1) is 16.6. The molecule has 2 nitrogen and oxygen atoms in total. The Morgan fingerprint density at radius 3 is 2.46 bits per heavy atom. The summed E-state index contributed by atoms with van der Waals surface area (Å²) in [4.78, 5) is 4.75. The Hall–Kier alpha value is -2.87. The number of benzene rings is 3. The zero-order chi connectivity index (χ0) is 17.6. The van der Waals surface area contributed by atoms with E-state index in [9.17, 15) is 0 Å². The highest BCUT2D eigenvalue weighted by Gasteiger charge is 2.11. The molecule has 0 bridgehead atoms. The fraction of sp³-hybridized carbons (Fsp3) is 0.208. The van der Waals surface area contributed by atoms with Crippen LogP contribution in [0.5, 0.6) is 5.75 Å². The molecule has 0 radical (unpaired) electrons. The lowest BCUT2D eigenvalue weighted by atomic mass is 9.90. The minimum atomic E-state index is 0.588. The average Bonchev–Trinajstić information content (AvgIpc) is 2.72. The number of hydrogen-bond donors (Lipinski definition) is 0. The van der Waals surface area contributed by atoms with Crippen molar-refractivity contribution < 1.29 is 4.74 Å². The summed E-state index contributed by atoms with van der Waals surface area (Å²) in [6.45, 7) is 0.588. The van der Waals surface area contributed by atoms with Gasteiger partial charge >= 0.3 is 0 Å². The highest BCUT2D eigenvalue weighted by Crippen LogP contribution is 2.29. The Labute approximate surface area is 155 Å². The summed E-state index contributed by atoms with van der Waals surface area (Å²) in [6.07, 6.45) is 6.85. The standard InChI is InChI=1S/C24H23NO/c1-2-7-20(8-3-1)18-26-22-15-13-19(14-16-22)17-25-24-12-6-10-21-9-4-5-11-23(21)24/h1-3,6-8,10,12-17H,4-5,9,11,18H2. The molecule has 0 fully saturated rings. The van der Waals surface area contributed by atoms with E-state index >= 15 is 0 Å². The molecule has 0 saturated heterocycles. The van der Waals surface area contributed by atoms with Crippen LogP contribution in [0.1, 0.15) is 35.1 Å². The fourth-order valence-electron chi connectivity index (χ4n) is 3.42. The molecule has 0 atom stereocenters. The number of aryl methyl sites for hydroxylation is 1. The van der Waals surface area contributed by atoms with Crippen molar-refractivity contribution in [1.29, 1.82) is 0 Å². The van der Waals surface area contributed by atoms with Gasteiger partial charge < -0.3 is 4.74 Å². The molecular weight excluding hydrogens is 318 g/mol. The monoisotopic (exact) mass is 341 g/mol. The molecule has 1 aliphatic carbocycles. The van der Waals surface area contributed by atoms with Crippen LogP contribution in [-0.4, -0.2) is 6.21 Å². The van der Waals surface area contributed by atoms with Gasteiger partial charge in [-0.3, -0.25) is 4.99 Å². The third-order valence-electron chi connectivity index (χ3n) is 4.85. The summed E-state index contributed by atoms with van der Waals surface area (Å²) in [5.41, 5.74) is 6.28. The summed E-state index contributed by atoms with van der Waals surface area (Å²) in [5, 5.41) is 0. The molecule has 0 heterocycles. The zero-order valence-corrected chi connectivity index (χ0v) is 14.9. The quantitative estimate of drug-likeness (QED) is 0.530. The van der Waals surface area contributed by atoms with Gasteiger partial charge in [-0.15, -0.1) is 0 Å². The van der Waals surface area contributed by atoms with Gasteiger partial charge in [0, 0.05) is 6.21 Å². The first-order chi connectivity index (χ1) is 12.9. The number of rotatable bonds is 5. The van der Waals surface area contributed by atoms with E-state index in [4.69, 9.17) is 9.73 Å². The van der Waals surface area contributed by atoms with E-state index in [0.717, 1.165) is 23.4 Å². The molecule has 4 rings (SSSR count). The summed E-state index contributed by atoms with van der Waals surface area (Å²) >= 11 is 0. The van der Waals surface area contributed by atoms with Gasteiger partial charge in [0.1, 0.15) is 12.4 Å². The Kier molecular flexibility index (Phi) is 5.11. The minimum Gasteiger partial charge on any atom is -0.489 e. The van der Waals surface area contributed by atoms with Gasteiger partial charge in [-0.25, -0.2) is 0 Å². The summed E-state index contributed by atoms with van der Waals surface area (Å²) < 4.78 is 5.84. The number of fused-ring (bicyclic) bond motifs is 1. The second-order valence-corrected chi connectivity index (χ2v) is 6.72. The second kappa shape index (κ2) is 8.01. The Balaban J connectivity index is 1.42. The number of hydrogen-bond acceptors (Lipinski definition) is 2. The lowest BCUT2D eigenvalue weighted by Crippen LogP contribution is -2.02. The summed E-state index contributed by atoms with van der Waals surface area (Å²) in [7, 11) is 0. The van der Waals surface area contributed by atoms with E-state index < -0.39 is 0 Å². The van der Waals surface area contributed by atoms with Crippen molar-refractivity contribution in [2.24, 2.45) is 4.99 Å². The molecule has 0 aromatic heterocycles. The largest absolute Gasteiger partial charge is 0.489 e. The SMILES string of the molecule is C(=Nc1cccc2c1CCCC2)c1ccc(OCc2ccccc2)cc1. The molecule has 130 valence electrons. The number of aliphatic imine (C=N–C) groups is 1. The van der Waals surface area contributed by atoms with E-state index in [0.29, 0.717) is 6.61 Å². The molecule has 3 aromatic carbocycles. The van der Waals surface area contributed by atoms with Crippen LogP contribution in [0.4, 0.5) is 5.69 Å². The van der Waals surface area contributed by atoms with Crippen LogP contribution in [0.3, 0.4) is 0 Å². The van der Waals surface area contributed by atoms with Gasteiger partial charge in [-0.2, -0.15) is 0 Å². The molecule has 0 N–H and O–H groups in total. The maximum atomic E-state index is 5.84. The third kappa shape index (κ3) is 4.02. The van der Waals surface area contributed by atoms with Crippen LogP contribution < -0.4 is 4.74 Å². The van der Waals surface area contributed by atoms with Gasteiger partial charge in [0.25, 0.3) is 0 Å². The van der Waals surface area contributed by atoms with Crippen molar-refractivity contribution in [3.8, 4) is 5.75 Å². The van der Waals surface area contributed by atoms with Gasteiger partial charge in [0.2, 0.25) is 0 Å². The van der Waals surface area contributed by atoms with Crippen LogP contribution in [0.2, 0.25) is 0 Å². The molecule has 0 saturated carbocycles. The average molecular weight is 341 g/mol. The zero-order valence-electron chi connectivity index (χ0n) is 14.9. The van der Waals surface area contributed by atoms with Crippen molar-refractivity contribution in [3.63, 3.8) is 0 Å². The van der Waals surface area contributed by atoms with Gasteiger partial charge in [0.05, 0.1) is 5.69 Å². The second-order valence-electron chi connectivity index (χ2n) is 6.72. The van der Waals surface area contributed by atoms with Crippen LogP contribution in [0, 0.1) is 0 Å². The van der Waals surface area contributed by atoms with Gasteiger partial charge in [0.15, 0.2) is 0 Å². The smallest absolute Gasteiger partial charge is 0.119 e. The third-order valence-corrected chi connectivity index (χ3v) is 4.85. The molecule has 1 aliphatic rings. The maximum Gasteiger partial charge on any atom is 0.119 e. The lowest BCUT2D eigenvalue weighted by molar-refractivity contribution is 0.306. The highest BCUT2D eigenvalue weighted by molar-refractivity contribution is 5.82. The van der Waals surface area contributed by atoms with Crippen LogP contribution in [-0.2, 0) is 19.4 Å². The molecule has 0 spiro atoms. The predicted molar refractivity (Wildman–Crippen MR) is 108 cm³/mol. The molecule has 2 heteroatoms. The van der Waals surface area contributed by atoms with E-state index in [1.807, 2.05) is 36.5 Å². The van der Waals surface area contributed by atoms with Gasteiger partial charge in [-0.1, -0.05) is 42.5 Å². The molecule has 0 aliphatic heterocycles. The molecule has 0 amide bonds. The summed E-state index contributed by atoms with van der Waals surface area (Å²) in [5.74, 6) is 0.878. The normalized spacial score (nSPS) is 13.5. The van der Waals surface area contributed by atoms with E-state index in [1.165, 1.54) is 36.0 Å². The van der Waals surface area contributed by atoms with E-state index in [1.54, 1.807) is 0 Å². The summed E-state index contributed by atoms with van der Waals surface area (Å²) in [6, 6.07) is 24.8. The predicted octanol–water partition coefficient (Wildman–Crippen LogP) is 5.90. The van der Waals surface area contributed by atoms with Gasteiger partial charge in [-0.05, 0) is 78.3 Å². The van der Waals surface area contributed by atoms with Crippen LogP contribution in [0.15, 0.2) is 77.8 Å². The van der Waals surface area contributed by atoms with Crippen LogP contribution >= 0.6 is 0 Å². The topological polar surface area (TPSA) is 21.6 Å².